The molecular weight excluding hydrogens is 396 g/mol. The van der Waals surface area contributed by atoms with E-state index in [-0.39, 0.29) is 23.7 Å². The molecule has 2 fully saturated rings. The standard InChI is InChI=1S/C23H26N4O2S/c28-22-17-7-1-2-8-18(17)23(29)27(22)12-6-5-11-25-13-15-26(16-14-25)21-19-9-3-4-10-20(19)30-24-21/h3-4,9-10,13-18H,1-2,5-8,11-12H2. The number of likely N-dealkylation sites (tertiary alicyclic amines) is 1. The Morgan fingerprint density at radius 2 is 1.57 bits per heavy atom. The summed E-state index contributed by atoms with van der Waals surface area (Å²) in [5.74, 6) is 1.04. The van der Waals surface area contributed by atoms with Crippen molar-refractivity contribution in [3.05, 3.63) is 49.1 Å². The predicted molar refractivity (Wildman–Crippen MR) is 118 cm³/mol. The van der Waals surface area contributed by atoms with Crippen molar-refractivity contribution in [2.45, 2.75) is 38.5 Å². The van der Waals surface area contributed by atoms with Crippen LogP contribution in [0.1, 0.15) is 38.5 Å². The zero-order valence-electron chi connectivity index (χ0n) is 16.9. The van der Waals surface area contributed by atoms with Gasteiger partial charge in [-0.15, -0.1) is 0 Å². The van der Waals surface area contributed by atoms with Gasteiger partial charge >= 0.3 is 0 Å². The minimum Gasteiger partial charge on any atom is -0.351 e. The average Bonchev–Trinajstić information content (AvgIpc) is 3.32. The van der Waals surface area contributed by atoms with Crippen molar-refractivity contribution in [2.75, 3.05) is 18.0 Å². The van der Waals surface area contributed by atoms with Crippen molar-refractivity contribution in [3.8, 4) is 0 Å². The molecule has 2 unspecified atom stereocenters. The monoisotopic (exact) mass is 422 g/mol. The molecule has 6 nitrogen and oxygen atoms in total. The summed E-state index contributed by atoms with van der Waals surface area (Å²) in [7, 11) is 0. The zero-order chi connectivity index (χ0) is 20.5. The van der Waals surface area contributed by atoms with E-state index < -0.39 is 0 Å². The summed E-state index contributed by atoms with van der Waals surface area (Å²) in [6.07, 6.45) is 13.9. The number of hydrogen-bond donors (Lipinski definition) is 0. The van der Waals surface area contributed by atoms with Gasteiger partial charge in [-0.05, 0) is 49.3 Å². The summed E-state index contributed by atoms with van der Waals surface area (Å²) in [5, 5.41) is 1.16. The van der Waals surface area contributed by atoms with Gasteiger partial charge in [-0.1, -0.05) is 25.0 Å². The molecule has 2 aliphatic heterocycles. The van der Waals surface area contributed by atoms with Crippen molar-refractivity contribution in [3.63, 3.8) is 0 Å². The molecule has 0 bridgehead atoms. The number of fused-ring (bicyclic) bond motifs is 2. The number of hydrogen-bond acceptors (Lipinski definition) is 6. The number of rotatable bonds is 6. The Morgan fingerprint density at radius 3 is 2.30 bits per heavy atom. The maximum absolute atomic E-state index is 12.5. The lowest BCUT2D eigenvalue weighted by molar-refractivity contribution is -0.139. The molecule has 3 aliphatic rings. The highest BCUT2D eigenvalue weighted by Crippen LogP contribution is 2.38. The Kier molecular flexibility index (Phi) is 5.29. The van der Waals surface area contributed by atoms with Gasteiger partial charge in [-0.25, -0.2) is 0 Å². The second-order valence-electron chi connectivity index (χ2n) is 8.28. The van der Waals surface area contributed by atoms with E-state index in [0.717, 1.165) is 56.3 Å². The third-order valence-electron chi connectivity index (χ3n) is 6.42. The van der Waals surface area contributed by atoms with Crippen LogP contribution < -0.4 is 4.90 Å². The maximum Gasteiger partial charge on any atom is 0.233 e. The number of carbonyl (C=O) groups is 2. The van der Waals surface area contributed by atoms with Gasteiger partial charge < -0.3 is 9.80 Å². The second kappa shape index (κ2) is 8.22. The van der Waals surface area contributed by atoms with E-state index in [1.54, 1.807) is 0 Å². The fraction of sp³-hybridized carbons (Fsp3) is 0.435. The van der Waals surface area contributed by atoms with Crippen molar-refractivity contribution in [1.82, 2.24) is 14.2 Å². The number of carbonyl (C=O) groups excluding carboxylic acids is 2. The van der Waals surface area contributed by atoms with E-state index in [0.29, 0.717) is 6.54 Å². The number of benzene rings is 1. The first-order chi connectivity index (χ1) is 14.7. The van der Waals surface area contributed by atoms with Crippen LogP contribution in [0.15, 0.2) is 49.1 Å². The molecule has 0 N–H and O–H groups in total. The summed E-state index contributed by atoms with van der Waals surface area (Å²) in [5.41, 5.74) is 0. The topological polar surface area (TPSA) is 56.8 Å². The Bertz CT molecular complexity index is 976. The van der Waals surface area contributed by atoms with E-state index in [4.69, 9.17) is 0 Å². The lowest BCUT2D eigenvalue weighted by atomic mass is 9.81. The molecule has 156 valence electrons. The largest absolute Gasteiger partial charge is 0.351 e. The molecule has 1 aliphatic carbocycles. The van der Waals surface area contributed by atoms with E-state index in [2.05, 4.69) is 33.8 Å². The maximum atomic E-state index is 12.5. The van der Waals surface area contributed by atoms with Crippen LogP contribution in [0.4, 0.5) is 5.82 Å². The Morgan fingerprint density at radius 1 is 0.900 bits per heavy atom. The number of amides is 2. The molecule has 7 heteroatoms. The van der Waals surface area contributed by atoms with Crippen molar-refractivity contribution in [2.24, 2.45) is 11.8 Å². The summed E-state index contributed by atoms with van der Waals surface area (Å²) in [6, 6.07) is 8.25. The highest BCUT2D eigenvalue weighted by Gasteiger charge is 2.47. The van der Waals surface area contributed by atoms with Crippen LogP contribution in [0.3, 0.4) is 0 Å². The van der Waals surface area contributed by atoms with E-state index in [9.17, 15) is 9.59 Å². The molecule has 2 amide bonds. The smallest absolute Gasteiger partial charge is 0.233 e. The Hall–Kier alpha value is -2.67. The van der Waals surface area contributed by atoms with Crippen LogP contribution in [0, 0.1) is 11.8 Å². The molecule has 1 saturated heterocycles. The summed E-state index contributed by atoms with van der Waals surface area (Å²) < 4.78 is 5.77. The first kappa shape index (κ1) is 19.3. The molecular formula is C23H26N4O2S. The minimum atomic E-state index is -0.0352. The van der Waals surface area contributed by atoms with Crippen molar-refractivity contribution < 1.29 is 9.59 Å². The SMILES string of the molecule is O=C1C2CCCCC2C(=O)N1CCCCN1C=CN(c2nsc3ccccc23)C=C1. The molecule has 1 aromatic carbocycles. The first-order valence-electron chi connectivity index (χ1n) is 10.8. The Labute approximate surface area is 180 Å². The van der Waals surface area contributed by atoms with Gasteiger partial charge in [0.2, 0.25) is 11.8 Å². The third-order valence-corrected chi connectivity index (χ3v) is 7.24. The lowest BCUT2D eigenvalue weighted by Crippen LogP contribution is -2.32. The Balaban J connectivity index is 1.11. The normalized spacial score (nSPS) is 23.7. The van der Waals surface area contributed by atoms with Crippen LogP contribution >= 0.6 is 11.5 Å². The van der Waals surface area contributed by atoms with Crippen molar-refractivity contribution in [1.29, 1.82) is 0 Å². The molecule has 1 aromatic heterocycles. The number of unbranched alkanes of at least 4 members (excludes halogenated alkanes) is 1. The summed E-state index contributed by atoms with van der Waals surface area (Å²) in [6.45, 7) is 1.42. The summed E-state index contributed by atoms with van der Waals surface area (Å²) >= 11 is 1.51. The van der Waals surface area contributed by atoms with Gasteiger partial charge in [-0.2, -0.15) is 4.37 Å². The van der Waals surface area contributed by atoms with Crippen molar-refractivity contribution >= 4 is 39.3 Å². The third kappa shape index (κ3) is 3.51. The fourth-order valence-corrected chi connectivity index (χ4v) is 5.55. The van der Waals surface area contributed by atoms with Gasteiger partial charge in [0.25, 0.3) is 0 Å². The molecule has 0 spiro atoms. The van der Waals surface area contributed by atoms with Crippen LogP contribution in [0.5, 0.6) is 0 Å². The van der Waals surface area contributed by atoms with Gasteiger partial charge in [0, 0.05) is 43.3 Å². The van der Waals surface area contributed by atoms with E-state index >= 15 is 0 Å². The number of nitrogens with zero attached hydrogens (tertiary/aromatic N) is 4. The molecule has 30 heavy (non-hydrogen) atoms. The highest BCUT2D eigenvalue weighted by atomic mass is 32.1. The average molecular weight is 423 g/mol. The molecule has 5 rings (SSSR count). The predicted octanol–water partition coefficient (Wildman–Crippen LogP) is 4.32. The van der Waals surface area contributed by atoms with Gasteiger partial charge in [0.15, 0.2) is 5.82 Å². The number of imide groups is 1. The highest BCUT2D eigenvalue weighted by molar-refractivity contribution is 7.13. The van der Waals surface area contributed by atoms with E-state index in [1.807, 2.05) is 29.4 Å². The molecule has 2 aromatic rings. The van der Waals surface area contributed by atoms with Gasteiger partial charge in [0.1, 0.15) is 0 Å². The molecule has 1 saturated carbocycles. The van der Waals surface area contributed by atoms with Crippen LogP contribution in [0.2, 0.25) is 0 Å². The minimum absolute atomic E-state index is 0.0352. The molecule has 0 radical (unpaired) electrons. The van der Waals surface area contributed by atoms with Gasteiger partial charge in [0.05, 0.1) is 16.5 Å². The number of aromatic nitrogens is 1. The molecule has 3 heterocycles. The van der Waals surface area contributed by atoms with Crippen LogP contribution in [-0.4, -0.2) is 39.1 Å². The quantitative estimate of drug-likeness (QED) is 0.513. The zero-order valence-corrected chi connectivity index (χ0v) is 17.8. The fourth-order valence-electron chi connectivity index (χ4n) is 4.78. The van der Waals surface area contributed by atoms with Crippen LogP contribution in [-0.2, 0) is 9.59 Å². The van der Waals surface area contributed by atoms with Gasteiger partial charge in [-0.3, -0.25) is 14.5 Å². The number of anilines is 1. The van der Waals surface area contributed by atoms with E-state index in [1.165, 1.54) is 21.1 Å². The summed E-state index contributed by atoms with van der Waals surface area (Å²) in [4.78, 5) is 30.8. The second-order valence-corrected chi connectivity index (χ2v) is 9.08. The lowest BCUT2D eigenvalue weighted by Gasteiger charge is -2.24. The molecule has 2 atom stereocenters. The van der Waals surface area contributed by atoms with Crippen LogP contribution in [0.25, 0.3) is 10.1 Å². The first-order valence-corrected chi connectivity index (χ1v) is 11.6.